The zero-order chi connectivity index (χ0) is 18.7. The zero-order valence-electron chi connectivity index (χ0n) is 15.6. The lowest BCUT2D eigenvalue weighted by atomic mass is 10.0. The van der Waals surface area contributed by atoms with Gasteiger partial charge < -0.3 is 5.32 Å². The van der Waals surface area contributed by atoms with Crippen LogP contribution in [0.3, 0.4) is 0 Å². The van der Waals surface area contributed by atoms with E-state index in [0.29, 0.717) is 12.0 Å². The third-order valence-corrected chi connectivity index (χ3v) is 4.21. The van der Waals surface area contributed by atoms with Crippen LogP contribution in [0.25, 0.3) is 11.1 Å². The van der Waals surface area contributed by atoms with Crippen molar-refractivity contribution in [2.75, 3.05) is 0 Å². The van der Waals surface area contributed by atoms with Crippen molar-refractivity contribution in [2.24, 2.45) is 0 Å². The molecule has 5 nitrogen and oxygen atoms in total. The van der Waals surface area contributed by atoms with Crippen LogP contribution in [0, 0.1) is 20.8 Å². The van der Waals surface area contributed by atoms with Gasteiger partial charge in [-0.1, -0.05) is 12.1 Å². The van der Waals surface area contributed by atoms with Crippen LogP contribution >= 0.6 is 0 Å². The molecule has 0 spiro atoms. The molecule has 5 heteroatoms. The van der Waals surface area contributed by atoms with Gasteiger partial charge in [-0.3, -0.25) is 14.9 Å². The number of hydrogen-bond donors (Lipinski definition) is 2. The van der Waals surface area contributed by atoms with Crippen molar-refractivity contribution in [1.29, 1.82) is 0 Å². The van der Waals surface area contributed by atoms with Gasteiger partial charge in [0.1, 0.15) is 0 Å². The average Bonchev–Trinajstić information content (AvgIpc) is 2.98. The third kappa shape index (κ3) is 4.36. The summed E-state index contributed by atoms with van der Waals surface area (Å²) in [5.41, 5.74) is 6.80. The van der Waals surface area contributed by atoms with Crippen molar-refractivity contribution in [3.05, 3.63) is 70.8 Å². The van der Waals surface area contributed by atoms with Crippen molar-refractivity contribution < 1.29 is 4.79 Å². The lowest BCUT2D eigenvalue weighted by Crippen LogP contribution is -2.34. The number of carbonyl (C=O) groups excluding carboxylic acids is 1. The second-order valence-electron chi connectivity index (χ2n) is 6.84. The maximum atomic E-state index is 12.5. The average molecular weight is 348 g/mol. The van der Waals surface area contributed by atoms with E-state index in [2.05, 4.69) is 32.6 Å². The number of nitrogens with zero attached hydrogens (tertiary/aromatic N) is 2. The first-order chi connectivity index (χ1) is 12.4. The number of pyridine rings is 1. The Bertz CT molecular complexity index is 892. The number of aryl methyl sites for hydroxylation is 3. The molecule has 0 radical (unpaired) electrons. The van der Waals surface area contributed by atoms with Crippen LogP contribution in [0.2, 0.25) is 0 Å². The molecule has 0 aliphatic carbocycles. The van der Waals surface area contributed by atoms with E-state index in [4.69, 9.17) is 0 Å². The van der Waals surface area contributed by atoms with Gasteiger partial charge in [0.05, 0.1) is 5.69 Å². The van der Waals surface area contributed by atoms with Gasteiger partial charge in [0.2, 0.25) is 0 Å². The number of rotatable bonds is 5. The number of nitrogens with one attached hydrogen (secondary N) is 2. The highest BCUT2D eigenvalue weighted by atomic mass is 16.1. The molecule has 3 rings (SSSR count). The molecular weight excluding hydrogens is 324 g/mol. The Morgan fingerprint density at radius 1 is 1.04 bits per heavy atom. The molecule has 3 aromatic rings. The smallest absolute Gasteiger partial charge is 0.251 e. The predicted octanol–water partition coefficient (Wildman–Crippen LogP) is 3.76. The normalized spacial score (nSPS) is 12.0. The fourth-order valence-corrected chi connectivity index (χ4v) is 3.07. The summed E-state index contributed by atoms with van der Waals surface area (Å²) in [6, 6.07) is 13.8. The van der Waals surface area contributed by atoms with E-state index in [1.165, 1.54) is 0 Å². The van der Waals surface area contributed by atoms with Gasteiger partial charge in [0.15, 0.2) is 0 Å². The maximum Gasteiger partial charge on any atom is 0.251 e. The molecule has 2 heterocycles. The Labute approximate surface area is 153 Å². The topological polar surface area (TPSA) is 70.7 Å². The molecule has 2 N–H and O–H groups in total. The number of benzene rings is 1. The molecule has 0 bridgehead atoms. The van der Waals surface area contributed by atoms with Crippen LogP contribution in [0.5, 0.6) is 0 Å². The van der Waals surface area contributed by atoms with E-state index in [1.54, 1.807) is 0 Å². The van der Waals surface area contributed by atoms with Crippen molar-refractivity contribution >= 4 is 5.91 Å². The minimum Gasteiger partial charge on any atom is -0.349 e. The first-order valence-electron chi connectivity index (χ1n) is 8.78. The summed E-state index contributed by atoms with van der Waals surface area (Å²) in [7, 11) is 0. The van der Waals surface area contributed by atoms with E-state index in [0.717, 1.165) is 33.9 Å². The number of hydrogen-bond acceptors (Lipinski definition) is 3. The monoisotopic (exact) mass is 348 g/mol. The first kappa shape index (κ1) is 17.9. The number of H-pyrrole nitrogens is 1. The summed E-state index contributed by atoms with van der Waals surface area (Å²) >= 11 is 0. The SMILES string of the molecule is Cc1cc(-c2ccc(C(=O)N[C@@H](C)Cc3cc(C)[nH]n3)cc2)cc(C)n1. The molecule has 26 heavy (non-hydrogen) atoms. The molecule has 1 atom stereocenters. The van der Waals surface area contributed by atoms with Crippen LogP contribution < -0.4 is 5.32 Å². The fraction of sp³-hybridized carbons (Fsp3) is 0.286. The molecular formula is C21H24N4O. The van der Waals surface area contributed by atoms with Gasteiger partial charge in [-0.15, -0.1) is 0 Å². The van der Waals surface area contributed by atoms with Gasteiger partial charge in [-0.25, -0.2) is 0 Å². The maximum absolute atomic E-state index is 12.5. The van der Waals surface area contributed by atoms with Gasteiger partial charge >= 0.3 is 0 Å². The van der Waals surface area contributed by atoms with Crippen molar-refractivity contribution in [3.8, 4) is 11.1 Å². The van der Waals surface area contributed by atoms with Crippen molar-refractivity contribution in [2.45, 2.75) is 40.2 Å². The van der Waals surface area contributed by atoms with Crippen LogP contribution in [-0.2, 0) is 6.42 Å². The highest BCUT2D eigenvalue weighted by molar-refractivity contribution is 5.94. The van der Waals surface area contributed by atoms with E-state index >= 15 is 0 Å². The lowest BCUT2D eigenvalue weighted by Gasteiger charge is -2.13. The van der Waals surface area contributed by atoms with E-state index in [-0.39, 0.29) is 11.9 Å². The Kier molecular flexibility index (Phi) is 5.16. The number of aromatic amines is 1. The van der Waals surface area contributed by atoms with Gasteiger partial charge in [-0.2, -0.15) is 5.10 Å². The van der Waals surface area contributed by atoms with Crippen LogP contribution in [0.4, 0.5) is 0 Å². The molecule has 0 fully saturated rings. The Morgan fingerprint density at radius 3 is 2.27 bits per heavy atom. The second kappa shape index (κ2) is 7.52. The Hall–Kier alpha value is -2.95. The fourth-order valence-electron chi connectivity index (χ4n) is 3.07. The van der Waals surface area contributed by atoms with Crippen LogP contribution in [0.15, 0.2) is 42.5 Å². The predicted molar refractivity (Wildman–Crippen MR) is 103 cm³/mol. The van der Waals surface area contributed by atoms with Gasteiger partial charge in [-0.05, 0) is 69.2 Å². The third-order valence-electron chi connectivity index (χ3n) is 4.21. The Morgan fingerprint density at radius 2 is 1.69 bits per heavy atom. The highest BCUT2D eigenvalue weighted by Gasteiger charge is 2.12. The van der Waals surface area contributed by atoms with Crippen LogP contribution in [-0.4, -0.2) is 27.1 Å². The summed E-state index contributed by atoms with van der Waals surface area (Å²) < 4.78 is 0. The summed E-state index contributed by atoms with van der Waals surface area (Å²) in [6.07, 6.45) is 0.698. The molecule has 134 valence electrons. The minimum absolute atomic E-state index is 0.00961. The minimum atomic E-state index is -0.0709. The van der Waals surface area contributed by atoms with Crippen molar-refractivity contribution in [1.82, 2.24) is 20.5 Å². The molecule has 0 unspecified atom stereocenters. The largest absolute Gasteiger partial charge is 0.349 e. The standard InChI is InChI=1S/C21H24N4O/c1-13-9-19(10-14(2)22-13)17-5-7-18(8-6-17)21(26)23-15(3)11-20-12-16(4)24-25-20/h5-10,12,15H,11H2,1-4H3,(H,23,26)(H,24,25)/t15-/m0/s1. The number of aromatic nitrogens is 3. The van der Waals surface area contributed by atoms with Crippen LogP contribution in [0.1, 0.15) is 40.1 Å². The number of amides is 1. The molecule has 0 aliphatic heterocycles. The molecule has 2 aromatic heterocycles. The van der Waals surface area contributed by atoms with E-state index in [9.17, 15) is 4.79 Å². The molecule has 1 amide bonds. The van der Waals surface area contributed by atoms with Crippen molar-refractivity contribution in [3.63, 3.8) is 0 Å². The molecule has 1 aromatic carbocycles. The van der Waals surface area contributed by atoms with Gasteiger partial charge in [0.25, 0.3) is 5.91 Å². The zero-order valence-corrected chi connectivity index (χ0v) is 15.6. The summed E-state index contributed by atoms with van der Waals surface area (Å²) in [6.45, 7) is 7.92. The summed E-state index contributed by atoms with van der Waals surface area (Å²) in [4.78, 5) is 16.9. The lowest BCUT2D eigenvalue weighted by molar-refractivity contribution is 0.0940. The molecule has 0 aliphatic rings. The molecule has 0 saturated carbocycles. The highest BCUT2D eigenvalue weighted by Crippen LogP contribution is 2.21. The van der Waals surface area contributed by atoms with Gasteiger partial charge in [0, 0.05) is 35.1 Å². The summed E-state index contributed by atoms with van der Waals surface area (Å²) in [5, 5.41) is 10.2. The second-order valence-corrected chi connectivity index (χ2v) is 6.84. The van der Waals surface area contributed by atoms with E-state index in [1.807, 2.05) is 58.0 Å². The quantitative estimate of drug-likeness (QED) is 0.737. The molecule has 0 saturated heterocycles. The van der Waals surface area contributed by atoms with E-state index < -0.39 is 0 Å². The Balaban J connectivity index is 1.66. The number of carbonyl (C=O) groups is 1. The summed E-state index contributed by atoms with van der Waals surface area (Å²) in [5.74, 6) is -0.0709. The first-order valence-corrected chi connectivity index (χ1v) is 8.78.